The van der Waals surface area contributed by atoms with Gasteiger partial charge in [0.25, 0.3) is 11.7 Å². The minimum Gasteiger partial charge on any atom is -0.300 e. The van der Waals surface area contributed by atoms with Crippen LogP contribution in [-0.4, -0.2) is 11.7 Å². The van der Waals surface area contributed by atoms with Crippen molar-refractivity contribution in [2.45, 2.75) is 6.54 Å². The number of benzene rings is 2. The molecule has 2 aromatic carbocycles. The number of ketones is 1. The Morgan fingerprint density at radius 3 is 2.30 bits per heavy atom. The summed E-state index contributed by atoms with van der Waals surface area (Å²) in [6.45, 7) is 0.266. The van der Waals surface area contributed by atoms with E-state index in [0.29, 0.717) is 21.3 Å². The maximum atomic E-state index is 12.0. The van der Waals surface area contributed by atoms with Gasteiger partial charge in [0.05, 0.1) is 17.8 Å². The highest BCUT2D eigenvalue weighted by Gasteiger charge is 2.35. The van der Waals surface area contributed by atoms with E-state index in [9.17, 15) is 9.59 Å². The summed E-state index contributed by atoms with van der Waals surface area (Å²) in [7, 11) is 0. The van der Waals surface area contributed by atoms with E-state index in [4.69, 9.17) is 23.2 Å². The molecule has 2 aromatic rings. The number of hydrogen-bond acceptors (Lipinski definition) is 2. The van der Waals surface area contributed by atoms with Crippen molar-refractivity contribution in [3.63, 3.8) is 0 Å². The van der Waals surface area contributed by atoms with Crippen LogP contribution in [-0.2, 0) is 11.3 Å². The predicted molar refractivity (Wildman–Crippen MR) is 78.4 cm³/mol. The molecule has 20 heavy (non-hydrogen) atoms. The maximum absolute atomic E-state index is 12.0. The molecule has 3 nitrogen and oxygen atoms in total. The molecule has 0 N–H and O–H groups in total. The standard InChI is InChI=1S/C15H9Cl2NO2/c16-10-5-9(6-11(17)7-10)8-18-13-4-2-1-3-12(13)14(19)15(18)20/h1-7H,8H2. The Labute approximate surface area is 125 Å². The lowest BCUT2D eigenvalue weighted by Crippen LogP contribution is -2.29. The fourth-order valence-electron chi connectivity index (χ4n) is 2.29. The van der Waals surface area contributed by atoms with E-state index in [-0.39, 0.29) is 6.54 Å². The van der Waals surface area contributed by atoms with Crippen molar-refractivity contribution in [1.82, 2.24) is 0 Å². The van der Waals surface area contributed by atoms with Crippen LogP contribution in [0.4, 0.5) is 5.69 Å². The first-order valence-electron chi connectivity index (χ1n) is 5.96. The van der Waals surface area contributed by atoms with Crippen molar-refractivity contribution in [3.05, 3.63) is 63.6 Å². The van der Waals surface area contributed by atoms with Gasteiger partial charge in [-0.15, -0.1) is 0 Å². The predicted octanol–water partition coefficient (Wildman–Crippen LogP) is 3.72. The number of anilines is 1. The highest BCUT2D eigenvalue weighted by Crippen LogP contribution is 2.30. The van der Waals surface area contributed by atoms with Crippen LogP contribution in [0.15, 0.2) is 42.5 Å². The quantitative estimate of drug-likeness (QED) is 0.793. The zero-order valence-electron chi connectivity index (χ0n) is 10.3. The molecule has 0 saturated carbocycles. The Hall–Kier alpha value is -1.84. The van der Waals surface area contributed by atoms with E-state index in [1.807, 2.05) is 0 Å². The molecule has 0 unspecified atom stereocenters. The third-order valence-electron chi connectivity index (χ3n) is 3.14. The zero-order chi connectivity index (χ0) is 14.3. The van der Waals surface area contributed by atoms with Crippen molar-refractivity contribution in [1.29, 1.82) is 0 Å². The summed E-state index contributed by atoms with van der Waals surface area (Å²) in [5.74, 6) is -1.00. The van der Waals surface area contributed by atoms with Crippen molar-refractivity contribution in [2.75, 3.05) is 4.90 Å². The second-order valence-corrected chi connectivity index (χ2v) is 5.39. The van der Waals surface area contributed by atoms with Crippen LogP contribution in [0.5, 0.6) is 0 Å². The molecule has 0 bridgehead atoms. The van der Waals surface area contributed by atoms with Crippen LogP contribution < -0.4 is 4.90 Å². The zero-order valence-corrected chi connectivity index (χ0v) is 11.8. The summed E-state index contributed by atoms with van der Waals surface area (Å²) in [5.41, 5.74) is 1.84. The molecule has 1 aliphatic rings. The Bertz CT molecular complexity index is 707. The summed E-state index contributed by atoms with van der Waals surface area (Å²) in [6.07, 6.45) is 0. The molecular formula is C15H9Cl2NO2. The SMILES string of the molecule is O=C1C(=O)N(Cc2cc(Cl)cc(Cl)c2)c2ccccc21. The number of fused-ring (bicyclic) bond motifs is 1. The van der Waals surface area contributed by atoms with Gasteiger partial charge in [0, 0.05) is 10.0 Å². The van der Waals surface area contributed by atoms with Gasteiger partial charge in [0.2, 0.25) is 0 Å². The lowest BCUT2D eigenvalue weighted by molar-refractivity contribution is -0.114. The van der Waals surface area contributed by atoms with Gasteiger partial charge in [-0.05, 0) is 35.9 Å². The molecule has 0 aliphatic carbocycles. The first-order chi connectivity index (χ1) is 9.56. The molecule has 1 aliphatic heterocycles. The minimum absolute atomic E-state index is 0.266. The van der Waals surface area contributed by atoms with Crippen LogP contribution in [0.1, 0.15) is 15.9 Å². The van der Waals surface area contributed by atoms with E-state index < -0.39 is 11.7 Å². The first kappa shape index (κ1) is 13.2. The van der Waals surface area contributed by atoms with Gasteiger partial charge < -0.3 is 4.90 Å². The Morgan fingerprint density at radius 2 is 1.60 bits per heavy atom. The molecule has 100 valence electrons. The third kappa shape index (κ3) is 2.19. The van der Waals surface area contributed by atoms with Crippen LogP contribution in [0.2, 0.25) is 10.0 Å². The molecular weight excluding hydrogens is 297 g/mol. The molecule has 3 rings (SSSR count). The monoisotopic (exact) mass is 305 g/mol. The number of halogens is 2. The molecule has 1 heterocycles. The Balaban J connectivity index is 1.99. The number of hydrogen-bond donors (Lipinski definition) is 0. The highest BCUT2D eigenvalue weighted by atomic mass is 35.5. The van der Waals surface area contributed by atoms with Gasteiger partial charge >= 0.3 is 0 Å². The van der Waals surface area contributed by atoms with Gasteiger partial charge in [-0.2, -0.15) is 0 Å². The third-order valence-corrected chi connectivity index (χ3v) is 3.58. The van der Waals surface area contributed by atoms with Crippen LogP contribution >= 0.6 is 23.2 Å². The van der Waals surface area contributed by atoms with E-state index in [0.717, 1.165) is 5.56 Å². The number of Topliss-reactive ketones (excluding diaryl/α,β-unsaturated/α-hetero) is 1. The summed E-state index contributed by atoms with van der Waals surface area (Å²) < 4.78 is 0. The number of amides is 1. The molecule has 0 radical (unpaired) electrons. The summed E-state index contributed by atoms with van der Waals surface area (Å²) in [6, 6.07) is 12.0. The average molecular weight is 306 g/mol. The van der Waals surface area contributed by atoms with Gasteiger partial charge in [0.15, 0.2) is 0 Å². The van der Waals surface area contributed by atoms with Crippen molar-refractivity contribution in [2.24, 2.45) is 0 Å². The highest BCUT2D eigenvalue weighted by molar-refractivity contribution is 6.52. The minimum atomic E-state index is -0.526. The average Bonchev–Trinajstić information content (AvgIpc) is 2.64. The lowest BCUT2D eigenvalue weighted by Gasteiger charge is -2.16. The van der Waals surface area contributed by atoms with Crippen molar-refractivity contribution >= 4 is 40.6 Å². The topological polar surface area (TPSA) is 37.4 Å². The largest absolute Gasteiger partial charge is 0.300 e. The first-order valence-corrected chi connectivity index (χ1v) is 6.72. The number of nitrogens with zero attached hydrogens (tertiary/aromatic N) is 1. The lowest BCUT2D eigenvalue weighted by atomic mass is 10.1. The molecule has 0 aromatic heterocycles. The van der Waals surface area contributed by atoms with E-state index in [1.165, 1.54) is 4.90 Å². The maximum Gasteiger partial charge on any atom is 0.299 e. The Kier molecular flexibility index (Phi) is 3.24. The number of para-hydroxylation sites is 1. The molecule has 1 amide bonds. The fourth-order valence-corrected chi connectivity index (χ4v) is 2.86. The summed E-state index contributed by atoms with van der Waals surface area (Å²) in [5, 5.41) is 0.998. The fraction of sp³-hybridized carbons (Fsp3) is 0.0667. The molecule has 5 heteroatoms. The molecule has 0 spiro atoms. The summed E-state index contributed by atoms with van der Waals surface area (Å²) in [4.78, 5) is 25.4. The molecule has 0 saturated heterocycles. The summed E-state index contributed by atoms with van der Waals surface area (Å²) >= 11 is 11.9. The van der Waals surface area contributed by atoms with Crippen LogP contribution in [0.25, 0.3) is 0 Å². The molecule has 0 fully saturated rings. The smallest absolute Gasteiger partial charge is 0.299 e. The van der Waals surface area contributed by atoms with Gasteiger partial charge in [-0.1, -0.05) is 35.3 Å². The van der Waals surface area contributed by atoms with Crippen molar-refractivity contribution in [3.8, 4) is 0 Å². The molecule has 0 atom stereocenters. The second-order valence-electron chi connectivity index (χ2n) is 4.52. The Morgan fingerprint density at radius 1 is 0.950 bits per heavy atom. The van der Waals surface area contributed by atoms with Crippen molar-refractivity contribution < 1.29 is 9.59 Å². The number of carbonyl (C=O) groups excluding carboxylic acids is 2. The normalized spacial score (nSPS) is 13.8. The van der Waals surface area contributed by atoms with Gasteiger partial charge in [-0.3, -0.25) is 9.59 Å². The number of rotatable bonds is 2. The van der Waals surface area contributed by atoms with Gasteiger partial charge in [0.1, 0.15) is 0 Å². The van der Waals surface area contributed by atoms with E-state index in [2.05, 4.69) is 0 Å². The van der Waals surface area contributed by atoms with Gasteiger partial charge in [-0.25, -0.2) is 0 Å². The second kappa shape index (κ2) is 4.93. The number of carbonyl (C=O) groups is 2. The van der Waals surface area contributed by atoms with Crippen LogP contribution in [0.3, 0.4) is 0 Å². The van der Waals surface area contributed by atoms with E-state index in [1.54, 1.807) is 42.5 Å². The van der Waals surface area contributed by atoms with Crippen LogP contribution in [0, 0.1) is 0 Å². The van der Waals surface area contributed by atoms with E-state index >= 15 is 0 Å².